The van der Waals surface area contributed by atoms with Crippen LogP contribution >= 0.6 is 11.8 Å². The largest absolute Gasteiger partial charge is 0.382 e. The molecule has 2 heterocycles. The molecule has 1 aliphatic heterocycles. The summed E-state index contributed by atoms with van der Waals surface area (Å²) in [5.41, 5.74) is -1.45. The lowest BCUT2D eigenvalue weighted by molar-refractivity contribution is -0.176. The molecule has 7 nitrogen and oxygen atoms in total. The first-order valence-corrected chi connectivity index (χ1v) is 12.6. The van der Waals surface area contributed by atoms with E-state index < -0.39 is 33.4 Å². The van der Waals surface area contributed by atoms with Gasteiger partial charge in [-0.15, -0.1) is 0 Å². The molecule has 198 valence electrons. The second-order valence-electron chi connectivity index (χ2n) is 8.62. The number of hydrogen-bond donors (Lipinski definition) is 1. The quantitative estimate of drug-likeness (QED) is 0.383. The number of hydrogen-bond acceptors (Lipinski definition) is 7. The summed E-state index contributed by atoms with van der Waals surface area (Å²) in [6, 6.07) is 9.06. The molecule has 11 heteroatoms. The van der Waals surface area contributed by atoms with E-state index in [1.54, 1.807) is 25.2 Å². The van der Waals surface area contributed by atoms with Crippen LogP contribution in [0.25, 0.3) is 6.08 Å². The molecule has 1 N–H and O–H groups in total. The van der Waals surface area contributed by atoms with E-state index in [4.69, 9.17) is 14.7 Å². The van der Waals surface area contributed by atoms with Crippen molar-refractivity contribution in [3.63, 3.8) is 0 Å². The predicted molar refractivity (Wildman–Crippen MR) is 136 cm³/mol. The van der Waals surface area contributed by atoms with Gasteiger partial charge in [-0.3, -0.25) is 0 Å². The molecule has 0 amide bonds. The van der Waals surface area contributed by atoms with E-state index in [0.29, 0.717) is 25.2 Å². The Morgan fingerprint density at radius 1 is 1.18 bits per heavy atom. The van der Waals surface area contributed by atoms with Gasteiger partial charge < -0.3 is 14.6 Å². The Morgan fingerprint density at radius 3 is 2.63 bits per heavy atom. The van der Waals surface area contributed by atoms with Crippen LogP contribution in [0.15, 0.2) is 67.3 Å². The number of allylic oxidation sites excluding steroid dienone is 2. The normalized spacial score (nSPS) is 17.9. The van der Waals surface area contributed by atoms with Crippen LogP contribution in [0.1, 0.15) is 30.0 Å². The lowest BCUT2D eigenvalue weighted by Gasteiger charge is -2.41. The van der Waals surface area contributed by atoms with Crippen molar-refractivity contribution in [2.75, 3.05) is 13.2 Å². The first-order valence-electron chi connectivity index (χ1n) is 11.8. The monoisotopic (exact) mass is 542 g/mol. The summed E-state index contributed by atoms with van der Waals surface area (Å²) < 4.78 is 56.1. The van der Waals surface area contributed by atoms with Crippen LogP contribution in [0.2, 0.25) is 0 Å². The molecule has 0 spiro atoms. The van der Waals surface area contributed by atoms with Crippen molar-refractivity contribution in [2.45, 2.75) is 35.9 Å². The highest BCUT2D eigenvalue weighted by Gasteiger charge is 2.45. The Labute approximate surface area is 222 Å². The highest BCUT2D eigenvalue weighted by molar-refractivity contribution is 8.01. The third kappa shape index (κ3) is 6.34. The average molecular weight is 543 g/mol. The Kier molecular flexibility index (Phi) is 8.69. The number of ether oxygens (including phenoxy) is 2. The molecule has 0 radical (unpaired) electrons. The van der Waals surface area contributed by atoms with Gasteiger partial charge in [0.15, 0.2) is 0 Å². The molecule has 2 atom stereocenters. The summed E-state index contributed by atoms with van der Waals surface area (Å²) in [6.45, 7) is 2.28. The maximum Gasteiger partial charge on any atom is 0.239 e. The van der Waals surface area contributed by atoms with Crippen molar-refractivity contribution < 1.29 is 27.8 Å². The van der Waals surface area contributed by atoms with E-state index in [0.717, 1.165) is 30.0 Å². The molecule has 1 fully saturated rings. The number of halogens is 3. The molecule has 38 heavy (non-hydrogen) atoms. The van der Waals surface area contributed by atoms with Gasteiger partial charge in [0.05, 0.1) is 31.4 Å². The van der Waals surface area contributed by atoms with Gasteiger partial charge in [-0.2, -0.15) is 10.4 Å². The minimum Gasteiger partial charge on any atom is -0.382 e. The number of rotatable bonds is 9. The number of aromatic nitrogens is 3. The van der Waals surface area contributed by atoms with Crippen LogP contribution < -0.4 is 0 Å². The van der Waals surface area contributed by atoms with Gasteiger partial charge in [0.2, 0.25) is 5.12 Å². The van der Waals surface area contributed by atoms with Gasteiger partial charge in [-0.25, -0.2) is 22.8 Å². The topological polar surface area (TPSA) is 93.2 Å². The molecule has 1 aliphatic rings. The Bertz CT molecular complexity index is 1350. The number of thioether (sulfide) groups is 1. The summed E-state index contributed by atoms with van der Waals surface area (Å²) in [6.07, 6.45) is 9.72. The van der Waals surface area contributed by atoms with Crippen LogP contribution in [-0.4, -0.2) is 43.5 Å². The Hall–Kier alpha value is -3.43. The van der Waals surface area contributed by atoms with Gasteiger partial charge >= 0.3 is 0 Å². The molecule has 3 aromatic rings. The average Bonchev–Trinajstić information content (AvgIpc) is 3.40. The second-order valence-corrected chi connectivity index (χ2v) is 10.1. The number of aliphatic hydroxyl groups is 1. The Balaban J connectivity index is 1.61. The molecular formula is C27H25F3N4O3S. The molecule has 1 saturated heterocycles. The molecule has 0 bridgehead atoms. The van der Waals surface area contributed by atoms with E-state index in [2.05, 4.69) is 10.1 Å². The minimum absolute atomic E-state index is 0.111. The zero-order valence-corrected chi connectivity index (χ0v) is 21.2. The first-order chi connectivity index (χ1) is 18.2. The molecule has 1 aromatic heterocycles. The first kappa shape index (κ1) is 27.6. The molecule has 0 saturated carbocycles. The molecule has 0 aliphatic carbocycles. The van der Waals surface area contributed by atoms with Gasteiger partial charge in [0.1, 0.15) is 35.7 Å². The van der Waals surface area contributed by atoms with Gasteiger partial charge in [-0.1, -0.05) is 42.1 Å². The van der Waals surface area contributed by atoms with E-state index in [-0.39, 0.29) is 17.7 Å². The number of nitrogens with zero attached hydrogens (tertiary/aromatic N) is 4. The van der Waals surface area contributed by atoms with Crippen LogP contribution in [0.3, 0.4) is 0 Å². The summed E-state index contributed by atoms with van der Waals surface area (Å²) >= 11 is 1.11. The fourth-order valence-electron chi connectivity index (χ4n) is 3.98. The third-order valence-corrected chi connectivity index (χ3v) is 7.44. The van der Waals surface area contributed by atoms with Gasteiger partial charge in [0.25, 0.3) is 0 Å². The summed E-state index contributed by atoms with van der Waals surface area (Å²) in [7, 11) is 0. The summed E-state index contributed by atoms with van der Waals surface area (Å²) in [5, 5.41) is 22.7. The molecule has 4 rings (SSSR count). The van der Waals surface area contributed by atoms with E-state index in [1.807, 2.05) is 6.07 Å². The molecule has 2 aromatic carbocycles. The van der Waals surface area contributed by atoms with Crippen molar-refractivity contribution in [3.8, 4) is 6.07 Å². The van der Waals surface area contributed by atoms with Crippen LogP contribution in [0, 0.1) is 28.8 Å². The Morgan fingerprint density at radius 2 is 1.97 bits per heavy atom. The van der Waals surface area contributed by atoms with Crippen molar-refractivity contribution in [1.82, 2.24) is 14.8 Å². The SMILES string of the molecule is C[C@H](SC1(/C=C/C=C/c2ccc(C#N)cc2F)OCCCO1)[C@](O)(Cn1cncn1)c1ccc(F)cc1F. The standard InChI is InChI=1S/C27H25F3N4O3S/c1-19(26(35,16-34-18-32-17-33-34)23-9-8-22(28)14-25(23)30)38-27(36-11-4-12-37-27)10-3-2-5-21-7-6-20(15-31)13-24(21)29/h2-3,5-10,13-14,17-19,35H,4,11-12,16H2,1H3/b5-2+,10-3+/t19-,26+/m0/s1. The lowest BCUT2D eigenvalue weighted by atomic mass is 9.90. The van der Waals surface area contributed by atoms with Crippen LogP contribution in [0.4, 0.5) is 13.2 Å². The van der Waals surface area contributed by atoms with E-state index in [9.17, 15) is 18.3 Å². The maximum absolute atomic E-state index is 14.9. The van der Waals surface area contributed by atoms with Crippen molar-refractivity contribution in [3.05, 3.63) is 101 Å². The second kappa shape index (κ2) is 12.0. The highest BCUT2D eigenvalue weighted by Crippen LogP contribution is 2.44. The number of nitriles is 1. The zero-order chi connectivity index (χ0) is 27.2. The van der Waals surface area contributed by atoms with Crippen molar-refractivity contribution in [1.29, 1.82) is 5.26 Å². The smallest absolute Gasteiger partial charge is 0.239 e. The van der Waals surface area contributed by atoms with Crippen molar-refractivity contribution >= 4 is 17.8 Å². The zero-order valence-electron chi connectivity index (χ0n) is 20.4. The highest BCUT2D eigenvalue weighted by atomic mass is 32.2. The fourth-order valence-corrected chi connectivity index (χ4v) is 5.33. The molecular weight excluding hydrogens is 517 g/mol. The predicted octanol–water partition coefficient (Wildman–Crippen LogP) is 4.94. The summed E-state index contributed by atoms with van der Waals surface area (Å²) in [4.78, 5) is 3.89. The third-order valence-electron chi connectivity index (χ3n) is 5.99. The minimum atomic E-state index is -1.86. The van der Waals surface area contributed by atoms with Gasteiger partial charge in [-0.05, 0) is 37.6 Å². The van der Waals surface area contributed by atoms with Crippen molar-refractivity contribution in [2.24, 2.45) is 0 Å². The van der Waals surface area contributed by atoms with Crippen LogP contribution in [-0.2, 0) is 21.6 Å². The van der Waals surface area contributed by atoms with Crippen LogP contribution in [0.5, 0.6) is 0 Å². The lowest BCUT2D eigenvalue weighted by Crippen LogP contribution is -2.46. The fraction of sp³-hybridized carbons (Fsp3) is 0.296. The molecule has 0 unspecified atom stereocenters. The van der Waals surface area contributed by atoms with E-state index in [1.165, 1.54) is 41.6 Å². The summed E-state index contributed by atoms with van der Waals surface area (Å²) in [5.74, 6) is -2.20. The van der Waals surface area contributed by atoms with Gasteiger partial charge in [0, 0.05) is 22.4 Å². The van der Waals surface area contributed by atoms with E-state index >= 15 is 0 Å². The number of benzene rings is 2. The maximum atomic E-state index is 14.9.